The van der Waals surface area contributed by atoms with Gasteiger partial charge in [0.1, 0.15) is 1.37 Å². The lowest BCUT2D eigenvalue weighted by Crippen LogP contribution is -2.33. The van der Waals surface area contributed by atoms with Crippen LogP contribution in [0.5, 0.6) is 0 Å². The molecule has 5 N–H and O–H groups in total. The largest absolute Gasteiger partial charge is 0.371 e. The van der Waals surface area contributed by atoms with E-state index in [0.29, 0.717) is 4.57 Å². The van der Waals surface area contributed by atoms with Gasteiger partial charge in [-0.15, -0.1) is 0 Å². The highest BCUT2D eigenvalue weighted by Gasteiger charge is 2.59. The fraction of sp³-hybridized carbons (Fsp3) is 0.400. The number of imidazole rings is 1. The Morgan fingerprint density at radius 2 is 1.81 bits per heavy atom. The Hall–Kier alpha value is -0.530. The Labute approximate surface area is 93.9 Å². The molecular formula is C5H10N2O7P2. The molecule has 0 amide bonds. The van der Waals surface area contributed by atoms with Crippen molar-refractivity contribution in [2.75, 3.05) is 0 Å². The third-order valence-electron chi connectivity index (χ3n) is 1.71. The Morgan fingerprint density at radius 3 is 2.12 bits per heavy atom. The van der Waals surface area contributed by atoms with Gasteiger partial charge in [-0.1, -0.05) is 0 Å². The molecular weight excluding hydrogens is 262 g/mol. The third-order valence-corrected chi connectivity index (χ3v) is 5.43. The van der Waals surface area contributed by atoms with E-state index in [2.05, 4.69) is 4.98 Å². The molecule has 0 unspecified atom stereocenters. The third kappa shape index (κ3) is 2.41. The average molecular weight is 275 g/mol. The minimum atomic E-state index is -5.69. The van der Waals surface area contributed by atoms with Gasteiger partial charge in [-0.3, -0.25) is 9.13 Å². The molecule has 1 heterocycles. The summed E-state index contributed by atoms with van der Waals surface area (Å²) in [7, 11) is -11.4. The van der Waals surface area contributed by atoms with E-state index >= 15 is 0 Å². The molecule has 0 bridgehead atoms. The van der Waals surface area contributed by atoms with Gasteiger partial charge < -0.3 is 29.2 Å². The van der Waals surface area contributed by atoms with Gasteiger partial charge in [0, 0.05) is 12.3 Å². The molecule has 0 saturated carbocycles. The van der Waals surface area contributed by atoms with Crippen molar-refractivity contribution >= 4 is 15.2 Å². The van der Waals surface area contributed by atoms with Gasteiger partial charge >= 0.3 is 15.2 Å². The van der Waals surface area contributed by atoms with E-state index in [4.69, 9.17) is 23.7 Å². The maximum absolute atomic E-state index is 11.1. The van der Waals surface area contributed by atoms with Crippen LogP contribution in [0.25, 0.3) is 0 Å². The summed E-state index contributed by atoms with van der Waals surface area (Å²) in [6.45, 7) is -1.44. The quantitative estimate of drug-likeness (QED) is 0.433. The molecule has 0 atom stereocenters. The lowest BCUT2D eigenvalue weighted by molar-refractivity contribution is 0.115. The predicted molar refractivity (Wildman–Crippen MR) is 51.3 cm³/mol. The second-order valence-electron chi connectivity index (χ2n) is 2.88. The van der Waals surface area contributed by atoms with Crippen molar-refractivity contribution in [3.05, 3.63) is 18.6 Å². The van der Waals surface area contributed by atoms with E-state index < -0.39 is 45.5 Å². The number of aliphatic hydroxyl groups is 1. The van der Waals surface area contributed by atoms with Crippen LogP contribution in [0.4, 0.5) is 0 Å². The summed E-state index contributed by atoms with van der Waals surface area (Å²) >= 11 is 0. The molecule has 16 heavy (non-hydrogen) atoms. The van der Waals surface area contributed by atoms with Gasteiger partial charge in [-0.05, 0) is 0 Å². The summed E-state index contributed by atoms with van der Waals surface area (Å²) in [4.78, 5) is 38.7. The van der Waals surface area contributed by atoms with Gasteiger partial charge in [0.15, 0.2) is 0 Å². The molecule has 0 spiro atoms. The first-order valence-corrected chi connectivity index (χ1v) is 6.87. The van der Waals surface area contributed by atoms with Crippen molar-refractivity contribution in [2.24, 2.45) is 0 Å². The summed E-state index contributed by atoms with van der Waals surface area (Å²) in [5.41, 5.74) is 0. The molecule has 11 heteroatoms. The summed E-state index contributed by atoms with van der Waals surface area (Å²) in [6, 6.07) is 0. The maximum Gasteiger partial charge on any atom is 0.371 e. The van der Waals surface area contributed by atoms with Crippen molar-refractivity contribution in [2.45, 2.75) is 11.6 Å². The molecule has 0 aliphatic rings. The van der Waals surface area contributed by atoms with Crippen LogP contribution in [0.2, 0.25) is 0 Å². The van der Waals surface area contributed by atoms with Crippen LogP contribution < -0.4 is 0 Å². The monoisotopic (exact) mass is 275 g/mol. The standard InChI is InChI=1S/C5H10N2O7P2/c8-5(15(9,10)11,16(12,13)14)3-7-2-1-6-4-7/h1-2,4,8H,3H2,(H2,9,10,11)(H2,12,13,14)/i1D,2D,4D. The summed E-state index contributed by atoms with van der Waals surface area (Å²) in [5, 5.41) is 5.80. The number of rotatable bonds is 4. The highest BCUT2D eigenvalue weighted by atomic mass is 31.2. The van der Waals surface area contributed by atoms with Crippen LogP contribution >= 0.6 is 15.2 Å². The van der Waals surface area contributed by atoms with Crippen molar-refractivity contribution < 1.29 is 37.9 Å². The van der Waals surface area contributed by atoms with Crippen LogP contribution in [0.15, 0.2) is 18.6 Å². The van der Waals surface area contributed by atoms with Gasteiger partial charge in [-0.25, -0.2) is 4.98 Å². The molecule has 1 aromatic heterocycles. The van der Waals surface area contributed by atoms with Gasteiger partial charge in [0.25, 0.3) is 5.08 Å². The predicted octanol–water partition coefficient (Wildman–Crippen LogP) is -1.12. The van der Waals surface area contributed by atoms with E-state index in [0.717, 1.165) is 0 Å². The fourth-order valence-electron chi connectivity index (χ4n) is 0.837. The normalized spacial score (nSPS) is 16.7. The molecule has 1 rings (SSSR count). The van der Waals surface area contributed by atoms with Crippen molar-refractivity contribution in [1.29, 1.82) is 0 Å². The Balaban J connectivity index is 3.40. The smallest absolute Gasteiger partial charge is 0.366 e. The minimum absolute atomic E-state index is 0.306. The maximum atomic E-state index is 11.1. The van der Waals surface area contributed by atoms with Crippen LogP contribution in [-0.4, -0.2) is 39.3 Å². The highest BCUT2D eigenvalue weighted by Crippen LogP contribution is 2.67. The van der Waals surface area contributed by atoms with Gasteiger partial charge in [-0.2, -0.15) is 0 Å². The Bertz CT molecular complexity index is 570. The van der Waals surface area contributed by atoms with Crippen molar-refractivity contribution in [1.82, 2.24) is 9.55 Å². The number of aromatic nitrogens is 2. The van der Waals surface area contributed by atoms with Crippen LogP contribution in [0, 0.1) is 0 Å². The Morgan fingerprint density at radius 1 is 1.31 bits per heavy atom. The molecule has 0 aliphatic carbocycles. The lowest BCUT2D eigenvalue weighted by Gasteiger charge is -2.29. The van der Waals surface area contributed by atoms with Crippen molar-refractivity contribution in [3.63, 3.8) is 0 Å². The van der Waals surface area contributed by atoms with E-state index in [1.165, 1.54) is 0 Å². The van der Waals surface area contributed by atoms with Crippen LogP contribution in [0.1, 0.15) is 4.11 Å². The molecule has 0 fully saturated rings. The lowest BCUT2D eigenvalue weighted by atomic mass is 10.6. The molecule has 92 valence electrons. The van der Waals surface area contributed by atoms with Gasteiger partial charge in [0.05, 0.1) is 15.6 Å². The van der Waals surface area contributed by atoms with E-state index in [1.807, 2.05) is 0 Å². The second-order valence-corrected chi connectivity index (χ2v) is 6.89. The molecule has 0 aliphatic heterocycles. The number of hydrogen-bond donors (Lipinski definition) is 5. The zero-order chi connectivity index (χ0) is 15.2. The summed E-state index contributed by atoms with van der Waals surface area (Å²) in [6.07, 6.45) is -2.38. The number of hydrogen-bond acceptors (Lipinski definition) is 4. The molecule has 0 radical (unpaired) electrons. The summed E-state index contributed by atoms with van der Waals surface area (Å²) in [5.74, 6) is 0. The fourth-order valence-corrected chi connectivity index (χ4v) is 2.85. The van der Waals surface area contributed by atoms with Crippen LogP contribution in [0.3, 0.4) is 0 Å². The first-order valence-electron chi connectivity index (χ1n) is 5.15. The van der Waals surface area contributed by atoms with E-state index in [-0.39, 0.29) is 0 Å². The zero-order valence-electron chi connectivity index (χ0n) is 10.5. The van der Waals surface area contributed by atoms with Gasteiger partial charge in [0.2, 0.25) is 0 Å². The average Bonchev–Trinajstić information content (AvgIpc) is 2.41. The second kappa shape index (κ2) is 4.05. The highest BCUT2D eigenvalue weighted by molar-refractivity contribution is 7.72. The zero-order valence-corrected chi connectivity index (χ0v) is 9.34. The van der Waals surface area contributed by atoms with Crippen LogP contribution in [-0.2, 0) is 15.7 Å². The first kappa shape index (κ1) is 9.49. The van der Waals surface area contributed by atoms with E-state index in [1.54, 1.807) is 0 Å². The molecule has 1 aromatic rings. The molecule has 0 aromatic carbocycles. The Kier molecular flexibility index (Phi) is 2.40. The van der Waals surface area contributed by atoms with Crippen molar-refractivity contribution in [3.8, 4) is 0 Å². The first-order chi connectivity index (χ1) is 8.31. The minimum Gasteiger partial charge on any atom is -0.366 e. The van der Waals surface area contributed by atoms with E-state index in [9.17, 15) is 14.2 Å². The topological polar surface area (TPSA) is 153 Å². The molecule has 9 nitrogen and oxygen atoms in total. The SMILES string of the molecule is [2H]c1nc([2H])n(CC(O)(P(=O)(O)O)P(=O)(O)O)c1[2H]. The number of nitrogens with zero attached hydrogens (tertiary/aromatic N) is 2. The summed E-state index contributed by atoms with van der Waals surface area (Å²) < 4.78 is 44.1. The molecule has 0 saturated heterocycles.